The molecule has 11 nitrogen and oxygen atoms in total. The molecule has 0 fully saturated rings. The molecular formula is C30H31FN8O3. The standard InChI is InChI=1S/C30H31FN8O3/c1-35-11-12-39-19(16-35)14-25(34-39)33-22-13-18(15-36(2)29(22)41)20-6-8-32-28(21(20)17-40)38-10-7-23-26(30(38)42)27(31)24-5-3-4-9-37(23)24/h6,8,13-15,17H,3-5,7,9-12,16H2,1-2H3,(H,33,34). The van der Waals surface area contributed by atoms with Crippen LogP contribution in [0.15, 0.2) is 35.4 Å². The minimum atomic E-state index is -0.486. The lowest BCUT2D eigenvalue weighted by molar-refractivity contribution is 0.0975. The third kappa shape index (κ3) is 4.16. The lowest BCUT2D eigenvalue weighted by Crippen LogP contribution is -2.39. The summed E-state index contributed by atoms with van der Waals surface area (Å²) in [6, 6.07) is 5.29. The van der Waals surface area contributed by atoms with Crippen molar-refractivity contribution in [1.29, 1.82) is 0 Å². The highest BCUT2D eigenvalue weighted by molar-refractivity contribution is 6.10. The van der Waals surface area contributed by atoms with E-state index in [4.69, 9.17) is 0 Å². The number of amides is 1. The molecule has 12 heteroatoms. The maximum Gasteiger partial charge on any atom is 0.274 e. The molecule has 3 aliphatic heterocycles. The molecule has 4 aromatic heterocycles. The van der Waals surface area contributed by atoms with E-state index in [0.717, 1.165) is 43.9 Å². The second kappa shape index (κ2) is 10.1. The Hall–Kier alpha value is -4.58. The number of fused-ring (bicyclic) bond motifs is 4. The summed E-state index contributed by atoms with van der Waals surface area (Å²) < 4.78 is 20.8. The van der Waals surface area contributed by atoms with Crippen molar-refractivity contribution in [2.75, 3.05) is 30.4 Å². The first kappa shape index (κ1) is 26.3. The average Bonchev–Trinajstić information content (AvgIpc) is 3.53. The number of likely N-dealkylation sites (N-methyl/N-ethyl adjacent to an activating group) is 1. The van der Waals surface area contributed by atoms with Crippen molar-refractivity contribution in [3.63, 3.8) is 0 Å². The number of carbonyl (C=O) groups is 2. The largest absolute Gasteiger partial charge is 0.345 e. The van der Waals surface area contributed by atoms with Gasteiger partial charge in [0.25, 0.3) is 11.5 Å². The molecular weight excluding hydrogens is 539 g/mol. The zero-order valence-electron chi connectivity index (χ0n) is 23.6. The average molecular weight is 571 g/mol. The number of aromatic nitrogens is 5. The molecule has 4 aromatic rings. The highest BCUT2D eigenvalue weighted by atomic mass is 19.1. The first-order chi connectivity index (χ1) is 20.3. The normalized spacial score (nSPS) is 16.6. The molecule has 7 heterocycles. The number of pyridine rings is 2. The summed E-state index contributed by atoms with van der Waals surface area (Å²) >= 11 is 0. The van der Waals surface area contributed by atoms with Crippen LogP contribution in [-0.2, 0) is 39.5 Å². The first-order valence-electron chi connectivity index (χ1n) is 14.2. The van der Waals surface area contributed by atoms with Crippen LogP contribution in [0.2, 0.25) is 0 Å². The number of nitrogens with one attached hydrogen (secondary N) is 1. The van der Waals surface area contributed by atoms with Gasteiger partial charge in [0, 0.05) is 69.4 Å². The van der Waals surface area contributed by atoms with Crippen molar-refractivity contribution in [3.8, 4) is 11.1 Å². The maximum absolute atomic E-state index is 15.5. The van der Waals surface area contributed by atoms with E-state index in [9.17, 15) is 14.4 Å². The minimum Gasteiger partial charge on any atom is -0.345 e. The molecule has 0 saturated heterocycles. The highest BCUT2D eigenvalue weighted by Gasteiger charge is 2.37. The zero-order chi connectivity index (χ0) is 29.1. The molecule has 0 bridgehead atoms. The van der Waals surface area contributed by atoms with Crippen molar-refractivity contribution in [2.45, 2.75) is 45.3 Å². The van der Waals surface area contributed by atoms with Gasteiger partial charge in [0.05, 0.1) is 29.1 Å². The van der Waals surface area contributed by atoms with E-state index >= 15 is 4.39 Å². The Bertz CT molecular complexity index is 1820. The molecule has 0 atom stereocenters. The monoisotopic (exact) mass is 570 g/mol. The predicted octanol–water partition coefficient (Wildman–Crippen LogP) is 3.13. The number of rotatable bonds is 5. The van der Waals surface area contributed by atoms with Crippen molar-refractivity contribution >= 4 is 29.5 Å². The van der Waals surface area contributed by atoms with Gasteiger partial charge < -0.3 is 14.5 Å². The number of hydrogen-bond donors (Lipinski definition) is 1. The smallest absolute Gasteiger partial charge is 0.274 e. The second-order valence-corrected chi connectivity index (χ2v) is 11.3. The zero-order valence-corrected chi connectivity index (χ0v) is 23.6. The summed E-state index contributed by atoms with van der Waals surface area (Å²) in [6.07, 6.45) is 6.78. The summed E-state index contributed by atoms with van der Waals surface area (Å²) in [7, 11) is 3.69. The lowest BCUT2D eigenvalue weighted by Gasteiger charge is -2.28. The van der Waals surface area contributed by atoms with E-state index in [0.29, 0.717) is 54.0 Å². The predicted molar refractivity (Wildman–Crippen MR) is 155 cm³/mol. The molecule has 0 aliphatic carbocycles. The van der Waals surface area contributed by atoms with Gasteiger partial charge in [0.2, 0.25) is 0 Å². The number of anilines is 3. The number of aldehydes is 1. The van der Waals surface area contributed by atoms with Gasteiger partial charge in [-0.15, -0.1) is 0 Å². The lowest BCUT2D eigenvalue weighted by atomic mass is 10.0. The molecule has 42 heavy (non-hydrogen) atoms. The molecule has 0 unspecified atom stereocenters. The van der Waals surface area contributed by atoms with Crippen LogP contribution in [0.4, 0.5) is 21.7 Å². The number of aryl methyl sites for hydroxylation is 1. The van der Waals surface area contributed by atoms with Crippen LogP contribution in [-0.4, -0.2) is 61.1 Å². The highest BCUT2D eigenvalue weighted by Crippen LogP contribution is 2.35. The van der Waals surface area contributed by atoms with Crippen molar-refractivity contribution in [1.82, 2.24) is 28.8 Å². The minimum absolute atomic E-state index is 0.0877. The van der Waals surface area contributed by atoms with E-state index < -0.39 is 11.7 Å². The van der Waals surface area contributed by atoms with Gasteiger partial charge >= 0.3 is 0 Å². The van der Waals surface area contributed by atoms with Gasteiger partial charge in [-0.05, 0) is 44.0 Å². The van der Waals surface area contributed by atoms with Gasteiger partial charge in [0.15, 0.2) is 17.9 Å². The summed E-state index contributed by atoms with van der Waals surface area (Å²) in [5, 5.41) is 7.77. The van der Waals surface area contributed by atoms with Gasteiger partial charge in [-0.3, -0.25) is 28.9 Å². The quantitative estimate of drug-likeness (QED) is 0.367. The Labute approximate surface area is 241 Å². The Kier molecular flexibility index (Phi) is 6.30. The van der Waals surface area contributed by atoms with Gasteiger partial charge in [-0.2, -0.15) is 5.10 Å². The summed E-state index contributed by atoms with van der Waals surface area (Å²) in [5.41, 5.74) is 3.80. The van der Waals surface area contributed by atoms with Gasteiger partial charge in [-0.1, -0.05) is 0 Å². The van der Waals surface area contributed by atoms with Gasteiger partial charge in [0.1, 0.15) is 11.5 Å². The van der Waals surface area contributed by atoms with Gasteiger partial charge in [-0.25, -0.2) is 9.37 Å². The van der Waals surface area contributed by atoms with E-state index in [1.165, 1.54) is 15.7 Å². The molecule has 0 aromatic carbocycles. The van der Waals surface area contributed by atoms with Crippen LogP contribution in [0.25, 0.3) is 11.1 Å². The van der Waals surface area contributed by atoms with E-state index in [2.05, 4.69) is 27.3 Å². The number of hydrogen-bond acceptors (Lipinski definition) is 7. The van der Waals surface area contributed by atoms with Crippen LogP contribution >= 0.6 is 0 Å². The van der Waals surface area contributed by atoms with Crippen LogP contribution in [0.1, 0.15) is 50.6 Å². The second-order valence-electron chi connectivity index (χ2n) is 11.3. The topological polar surface area (TPSA) is 110 Å². The summed E-state index contributed by atoms with van der Waals surface area (Å²) in [4.78, 5) is 47.3. The number of carbonyl (C=O) groups excluding carboxylic acids is 2. The SMILES string of the molecule is CN1CCn2nc(Nc3cc(-c4ccnc(N5CCc6c(c(F)c7n6CCCC7)C5=O)c4C=O)cn(C)c3=O)cc2C1. The van der Waals surface area contributed by atoms with Crippen LogP contribution < -0.4 is 15.8 Å². The fourth-order valence-corrected chi connectivity index (χ4v) is 6.49. The third-order valence-electron chi connectivity index (χ3n) is 8.58. The molecule has 7 rings (SSSR count). The molecule has 0 spiro atoms. The molecule has 216 valence electrons. The van der Waals surface area contributed by atoms with E-state index in [-0.39, 0.29) is 29.0 Å². The fraction of sp³-hybridized carbons (Fsp3) is 0.367. The molecule has 1 N–H and O–H groups in total. The Balaban J connectivity index is 1.25. The molecule has 0 radical (unpaired) electrons. The Morgan fingerprint density at radius 1 is 1.02 bits per heavy atom. The van der Waals surface area contributed by atoms with Crippen LogP contribution in [0.3, 0.4) is 0 Å². The summed E-state index contributed by atoms with van der Waals surface area (Å²) in [5.74, 6) is -0.200. The first-order valence-corrected chi connectivity index (χ1v) is 14.2. The Morgan fingerprint density at radius 2 is 1.88 bits per heavy atom. The van der Waals surface area contributed by atoms with Crippen LogP contribution in [0, 0.1) is 5.82 Å². The number of halogens is 1. The summed E-state index contributed by atoms with van der Waals surface area (Å²) in [6.45, 7) is 3.42. The van der Waals surface area contributed by atoms with E-state index in [1.54, 1.807) is 25.4 Å². The van der Waals surface area contributed by atoms with Crippen molar-refractivity contribution in [3.05, 3.63) is 75.0 Å². The van der Waals surface area contributed by atoms with Crippen LogP contribution in [0.5, 0.6) is 0 Å². The van der Waals surface area contributed by atoms with E-state index in [1.807, 2.05) is 15.3 Å². The van der Waals surface area contributed by atoms with Crippen molar-refractivity contribution < 1.29 is 14.0 Å². The number of nitrogens with zero attached hydrogens (tertiary/aromatic N) is 7. The fourth-order valence-electron chi connectivity index (χ4n) is 6.49. The Morgan fingerprint density at radius 3 is 2.71 bits per heavy atom. The molecule has 0 saturated carbocycles. The molecule has 1 amide bonds. The third-order valence-corrected chi connectivity index (χ3v) is 8.58. The maximum atomic E-state index is 15.5. The van der Waals surface area contributed by atoms with Crippen molar-refractivity contribution in [2.24, 2.45) is 7.05 Å². The molecule has 3 aliphatic rings.